The summed E-state index contributed by atoms with van der Waals surface area (Å²) >= 11 is 0. The van der Waals surface area contributed by atoms with E-state index in [1.54, 1.807) is 36.1 Å². The van der Waals surface area contributed by atoms with E-state index in [1.165, 1.54) is 12.0 Å². The Morgan fingerprint density at radius 3 is 2.55 bits per heavy atom. The van der Waals surface area contributed by atoms with Crippen LogP contribution < -0.4 is 15.4 Å². The summed E-state index contributed by atoms with van der Waals surface area (Å²) in [4.78, 5) is 55.1. The van der Waals surface area contributed by atoms with Crippen LogP contribution in [0.2, 0.25) is 0 Å². The van der Waals surface area contributed by atoms with Crippen molar-refractivity contribution in [2.24, 2.45) is 0 Å². The molecule has 2 aliphatic heterocycles. The molecule has 11 nitrogen and oxygen atoms in total. The monoisotopic (exact) mass is 461 g/mol. The number of nitrogens with one attached hydrogen (secondary N) is 2. The first-order chi connectivity index (χ1) is 15.9. The van der Waals surface area contributed by atoms with Gasteiger partial charge in [-0.1, -0.05) is 12.1 Å². The predicted molar refractivity (Wildman–Crippen MR) is 120 cm³/mol. The number of ether oxygens (including phenoxy) is 2. The highest BCUT2D eigenvalue weighted by Gasteiger charge is 2.35. The SMILES string of the molecule is CCOC(=O)N1CCN(CC(=O)N2CCNC(=O)[C@H]2CC(=O)Nc2ccccc2OC)CC1. The van der Waals surface area contributed by atoms with Gasteiger partial charge in [0.1, 0.15) is 11.8 Å². The number of para-hydroxylation sites is 2. The second kappa shape index (κ2) is 11.5. The number of piperazine rings is 2. The molecule has 1 aromatic rings. The largest absolute Gasteiger partial charge is 0.495 e. The molecule has 2 saturated heterocycles. The van der Waals surface area contributed by atoms with E-state index in [1.807, 2.05) is 4.90 Å². The van der Waals surface area contributed by atoms with Gasteiger partial charge >= 0.3 is 6.09 Å². The number of carbonyl (C=O) groups is 4. The van der Waals surface area contributed by atoms with Crippen LogP contribution in [0.15, 0.2) is 24.3 Å². The number of rotatable bonds is 7. The van der Waals surface area contributed by atoms with Gasteiger partial charge in [-0.2, -0.15) is 0 Å². The lowest BCUT2D eigenvalue weighted by molar-refractivity contribution is -0.145. The van der Waals surface area contributed by atoms with E-state index in [4.69, 9.17) is 9.47 Å². The number of benzene rings is 1. The van der Waals surface area contributed by atoms with Gasteiger partial charge < -0.3 is 29.9 Å². The minimum Gasteiger partial charge on any atom is -0.495 e. The van der Waals surface area contributed by atoms with E-state index in [0.717, 1.165) is 0 Å². The molecule has 0 aliphatic carbocycles. The summed E-state index contributed by atoms with van der Waals surface area (Å²) in [7, 11) is 1.51. The van der Waals surface area contributed by atoms with Gasteiger partial charge in [0.15, 0.2) is 0 Å². The molecule has 0 saturated carbocycles. The molecular formula is C22H31N5O6. The Bertz CT molecular complexity index is 871. The first kappa shape index (κ1) is 24.3. The normalized spacial score (nSPS) is 19.0. The molecule has 3 rings (SSSR count). The van der Waals surface area contributed by atoms with Gasteiger partial charge in [0.2, 0.25) is 17.7 Å². The zero-order chi connectivity index (χ0) is 23.8. The predicted octanol–water partition coefficient (Wildman–Crippen LogP) is 0.125. The topological polar surface area (TPSA) is 121 Å². The first-order valence-corrected chi connectivity index (χ1v) is 11.1. The summed E-state index contributed by atoms with van der Waals surface area (Å²) in [6, 6.07) is 6.09. The van der Waals surface area contributed by atoms with E-state index < -0.39 is 6.04 Å². The molecule has 2 N–H and O–H groups in total. The van der Waals surface area contributed by atoms with E-state index in [9.17, 15) is 19.2 Å². The van der Waals surface area contributed by atoms with Crippen molar-refractivity contribution in [3.05, 3.63) is 24.3 Å². The third-order valence-corrected chi connectivity index (χ3v) is 5.67. The van der Waals surface area contributed by atoms with Gasteiger partial charge in [0.25, 0.3) is 0 Å². The lowest BCUT2D eigenvalue weighted by Crippen LogP contribution is -2.60. The molecule has 0 spiro atoms. The second-order valence-corrected chi connectivity index (χ2v) is 7.81. The highest BCUT2D eigenvalue weighted by molar-refractivity contribution is 5.98. The third kappa shape index (κ3) is 6.35. The highest BCUT2D eigenvalue weighted by atomic mass is 16.6. The van der Waals surface area contributed by atoms with E-state index >= 15 is 0 Å². The number of anilines is 1. The van der Waals surface area contributed by atoms with E-state index in [-0.39, 0.29) is 36.8 Å². The summed E-state index contributed by atoms with van der Waals surface area (Å²) in [5.74, 6) is -0.447. The molecule has 0 aromatic heterocycles. The van der Waals surface area contributed by atoms with E-state index in [0.29, 0.717) is 57.3 Å². The van der Waals surface area contributed by atoms with Gasteiger partial charge in [-0.15, -0.1) is 0 Å². The summed E-state index contributed by atoms with van der Waals surface area (Å²) in [6.45, 7) is 4.87. The maximum Gasteiger partial charge on any atom is 0.409 e. The average molecular weight is 462 g/mol. The van der Waals surface area contributed by atoms with Crippen LogP contribution in [0.1, 0.15) is 13.3 Å². The minimum atomic E-state index is -0.887. The summed E-state index contributed by atoms with van der Waals surface area (Å²) in [5, 5.41) is 5.49. The van der Waals surface area contributed by atoms with Crippen LogP contribution >= 0.6 is 0 Å². The molecule has 2 fully saturated rings. The minimum absolute atomic E-state index is 0.120. The quantitative estimate of drug-likeness (QED) is 0.592. The molecule has 2 aliphatic rings. The lowest BCUT2D eigenvalue weighted by atomic mass is 10.1. The number of hydrogen-bond donors (Lipinski definition) is 2. The fraction of sp³-hybridized carbons (Fsp3) is 0.545. The van der Waals surface area contributed by atoms with Gasteiger partial charge in [0.05, 0.1) is 32.4 Å². The molecule has 2 heterocycles. The standard InChI is InChI=1S/C22H31N5O6/c1-3-33-22(31)26-12-10-25(11-13-26)15-20(29)27-9-8-23-21(30)17(27)14-19(28)24-16-6-4-5-7-18(16)32-2/h4-7,17H,3,8-15H2,1-2H3,(H,23,30)(H,24,28)/t17-/m1/s1. The molecule has 33 heavy (non-hydrogen) atoms. The molecule has 0 radical (unpaired) electrons. The Labute approximate surface area is 193 Å². The fourth-order valence-electron chi connectivity index (χ4n) is 3.93. The van der Waals surface area contributed by atoms with Gasteiger partial charge in [-0.05, 0) is 19.1 Å². The van der Waals surface area contributed by atoms with Crippen molar-refractivity contribution in [2.45, 2.75) is 19.4 Å². The summed E-state index contributed by atoms with van der Waals surface area (Å²) in [5.41, 5.74) is 0.499. The summed E-state index contributed by atoms with van der Waals surface area (Å²) < 4.78 is 10.3. The van der Waals surface area contributed by atoms with Crippen LogP contribution in [0.5, 0.6) is 5.75 Å². The van der Waals surface area contributed by atoms with Crippen LogP contribution in [0.3, 0.4) is 0 Å². The second-order valence-electron chi connectivity index (χ2n) is 7.81. The Hall–Kier alpha value is -3.34. The molecular weight excluding hydrogens is 430 g/mol. The van der Waals surface area contributed by atoms with Gasteiger partial charge in [-0.25, -0.2) is 4.79 Å². The molecule has 0 bridgehead atoms. The van der Waals surface area contributed by atoms with Crippen molar-refractivity contribution in [3.8, 4) is 5.75 Å². The summed E-state index contributed by atoms with van der Waals surface area (Å²) in [6.07, 6.45) is -0.510. The number of hydrogen-bond acceptors (Lipinski definition) is 7. The Kier molecular flexibility index (Phi) is 8.47. The Morgan fingerprint density at radius 2 is 1.85 bits per heavy atom. The first-order valence-electron chi connectivity index (χ1n) is 11.1. The van der Waals surface area contributed by atoms with Crippen molar-refractivity contribution in [1.82, 2.24) is 20.0 Å². The zero-order valence-electron chi connectivity index (χ0n) is 19.0. The zero-order valence-corrected chi connectivity index (χ0v) is 19.0. The Morgan fingerprint density at radius 1 is 1.12 bits per heavy atom. The molecule has 0 unspecified atom stereocenters. The van der Waals surface area contributed by atoms with Crippen molar-refractivity contribution >= 4 is 29.5 Å². The van der Waals surface area contributed by atoms with Gasteiger partial charge in [-0.3, -0.25) is 19.3 Å². The molecule has 11 heteroatoms. The maximum absolute atomic E-state index is 13.0. The van der Waals surface area contributed by atoms with Crippen LogP contribution in [-0.2, 0) is 19.1 Å². The number of nitrogens with zero attached hydrogens (tertiary/aromatic N) is 3. The smallest absolute Gasteiger partial charge is 0.409 e. The maximum atomic E-state index is 13.0. The lowest BCUT2D eigenvalue weighted by Gasteiger charge is -2.38. The Balaban J connectivity index is 1.57. The molecule has 1 atom stereocenters. The van der Waals surface area contributed by atoms with Crippen LogP contribution in [0.25, 0.3) is 0 Å². The van der Waals surface area contributed by atoms with Crippen LogP contribution in [-0.4, -0.2) is 104 Å². The molecule has 1 aromatic carbocycles. The molecule has 4 amide bonds. The van der Waals surface area contributed by atoms with Crippen LogP contribution in [0, 0.1) is 0 Å². The van der Waals surface area contributed by atoms with Crippen molar-refractivity contribution in [3.63, 3.8) is 0 Å². The van der Waals surface area contributed by atoms with Crippen molar-refractivity contribution in [1.29, 1.82) is 0 Å². The molecule has 180 valence electrons. The van der Waals surface area contributed by atoms with Crippen molar-refractivity contribution in [2.75, 3.05) is 64.8 Å². The number of amides is 4. The van der Waals surface area contributed by atoms with Crippen LogP contribution in [0.4, 0.5) is 10.5 Å². The highest BCUT2D eigenvalue weighted by Crippen LogP contribution is 2.23. The third-order valence-electron chi connectivity index (χ3n) is 5.67. The van der Waals surface area contributed by atoms with Gasteiger partial charge in [0, 0.05) is 39.3 Å². The fourth-order valence-corrected chi connectivity index (χ4v) is 3.93. The van der Waals surface area contributed by atoms with Crippen molar-refractivity contribution < 1.29 is 28.7 Å². The average Bonchev–Trinajstić information content (AvgIpc) is 2.81. The number of carbonyl (C=O) groups excluding carboxylic acids is 4. The number of methoxy groups -OCH3 is 1. The van der Waals surface area contributed by atoms with E-state index in [2.05, 4.69) is 10.6 Å².